The lowest BCUT2D eigenvalue weighted by Gasteiger charge is -2.46. The second-order valence-electron chi connectivity index (χ2n) is 4.87. The van der Waals surface area contributed by atoms with Crippen LogP contribution in [0.4, 0.5) is 0 Å². The maximum absolute atomic E-state index is 5.75. The SMILES string of the molecule is COc1cc(OC)cc(C(NN)C2(OC)CCC2)c1. The van der Waals surface area contributed by atoms with Gasteiger partial charge in [0.05, 0.1) is 25.9 Å². The number of nitrogens with one attached hydrogen (secondary N) is 1. The molecule has 0 aliphatic heterocycles. The summed E-state index contributed by atoms with van der Waals surface area (Å²) in [4.78, 5) is 0. The second kappa shape index (κ2) is 5.77. The molecular weight excluding hydrogens is 244 g/mol. The predicted octanol–water partition coefficient (Wildman–Crippen LogP) is 1.78. The third kappa shape index (κ3) is 2.54. The molecule has 2 rings (SSSR count). The van der Waals surface area contributed by atoms with Crippen LogP contribution in [0.15, 0.2) is 18.2 Å². The lowest BCUT2D eigenvalue weighted by Crippen LogP contribution is -2.52. The van der Waals surface area contributed by atoms with Gasteiger partial charge in [0.25, 0.3) is 0 Å². The third-order valence-electron chi connectivity index (χ3n) is 4.01. The van der Waals surface area contributed by atoms with Gasteiger partial charge in [0.15, 0.2) is 0 Å². The molecule has 5 nitrogen and oxygen atoms in total. The van der Waals surface area contributed by atoms with Gasteiger partial charge in [0, 0.05) is 13.2 Å². The second-order valence-corrected chi connectivity index (χ2v) is 4.87. The highest BCUT2D eigenvalue weighted by atomic mass is 16.5. The first kappa shape index (κ1) is 14.1. The van der Waals surface area contributed by atoms with Gasteiger partial charge < -0.3 is 14.2 Å². The fourth-order valence-corrected chi connectivity index (χ4v) is 2.68. The molecule has 1 unspecified atom stereocenters. The molecule has 1 atom stereocenters. The van der Waals surface area contributed by atoms with Gasteiger partial charge in [-0.1, -0.05) is 0 Å². The summed E-state index contributed by atoms with van der Waals surface area (Å²) in [6.07, 6.45) is 3.16. The van der Waals surface area contributed by atoms with Crippen LogP contribution in [0.3, 0.4) is 0 Å². The number of nitrogens with two attached hydrogens (primary N) is 1. The number of methoxy groups -OCH3 is 3. The fourth-order valence-electron chi connectivity index (χ4n) is 2.68. The summed E-state index contributed by atoms with van der Waals surface area (Å²) in [6, 6.07) is 5.70. The van der Waals surface area contributed by atoms with E-state index in [1.54, 1.807) is 21.3 Å². The van der Waals surface area contributed by atoms with E-state index in [4.69, 9.17) is 20.1 Å². The summed E-state index contributed by atoms with van der Waals surface area (Å²) in [5, 5.41) is 0. The first-order chi connectivity index (χ1) is 9.19. The van der Waals surface area contributed by atoms with Crippen molar-refractivity contribution in [1.82, 2.24) is 5.43 Å². The van der Waals surface area contributed by atoms with E-state index >= 15 is 0 Å². The van der Waals surface area contributed by atoms with Crippen LogP contribution in [-0.4, -0.2) is 26.9 Å². The lowest BCUT2D eigenvalue weighted by atomic mass is 9.72. The Morgan fingerprint density at radius 2 is 1.68 bits per heavy atom. The zero-order valence-electron chi connectivity index (χ0n) is 11.7. The molecule has 1 saturated carbocycles. The Bertz CT molecular complexity index is 405. The maximum Gasteiger partial charge on any atom is 0.122 e. The maximum atomic E-state index is 5.75. The minimum atomic E-state index is -0.230. The van der Waals surface area contributed by atoms with Crippen molar-refractivity contribution < 1.29 is 14.2 Å². The third-order valence-corrected chi connectivity index (χ3v) is 4.01. The van der Waals surface area contributed by atoms with E-state index in [0.717, 1.165) is 36.3 Å². The summed E-state index contributed by atoms with van der Waals surface area (Å²) >= 11 is 0. The monoisotopic (exact) mass is 266 g/mol. The molecule has 3 N–H and O–H groups in total. The highest BCUT2D eigenvalue weighted by Gasteiger charge is 2.45. The van der Waals surface area contributed by atoms with Crippen LogP contribution in [-0.2, 0) is 4.74 Å². The Morgan fingerprint density at radius 3 is 2.00 bits per heavy atom. The van der Waals surface area contributed by atoms with E-state index in [0.29, 0.717) is 0 Å². The topological polar surface area (TPSA) is 65.7 Å². The molecular formula is C14H22N2O3. The number of benzene rings is 1. The van der Waals surface area contributed by atoms with Crippen LogP contribution >= 0.6 is 0 Å². The standard InChI is InChI=1S/C14H22N2O3/c1-17-11-7-10(8-12(9-11)18-2)13(16-15)14(19-3)5-4-6-14/h7-9,13,16H,4-6,15H2,1-3H3. The molecule has 1 aliphatic rings. The van der Waals surface area contributed by atoms with Gasteiger partial charge in [-0.15, -0.1) is 0 Å². The van der Waals surface area contributed by atoms with Crippen LogP contribution in [0.5, 0.6) is 11.5 Å². The Morgan fingerprint density at radius 1 is 1.11 bits per heavy atom. The quantitative estimate of drug-likeness (QED) is 0.607. The van der Waals surface area contributed by atoms with Crippen molar-refractivity contribution in [2.75, 3.05) is 21.3 Å². The highest BCUT2D eigenvalue weighted by molar-refractivity contribution is 5.41. The van der Waals surface area contributed by atoms with Crippen LogP contribution in [0.1, 0.15) is 30.9 Å². The van der Waals surface area contributed by atoms with Crippen LogP contribution in [0.25, 0.3) is 0 Å². The Kier molecular flexibility index (Phi) is 4.29. The molecule has 0 spiro atoms. The average Bonchev–Trinajstić information content (AvgIpc) is 2.41. The van der Waals surface area contributed by atoms with E-state index in [2.05, 4.69) is 5.43 Å². The molecule has 0 bridgehead atoms. The van der Waals surface area contributed by atoms with Gasteiger partial charge in [-0.3, -0.25) is 11.3 Å². The first-order valence-corrected chi connectivity index (χ1v) is 6.43. The van der Waals surface area contributed by atoms with Gasteiger partial charge in [0.2, 0.25) is 0 Å². The summed E-state index contributed by atoms with van der Waals surface area (Å²) in [7, 11) is 5.01. The summed E-state index contributed by atoms with van der Waals surface area (Å²) in [5.74, 6) is 7.25. The zero-order valence-corrected chi connectivity index (χ0v) is 11.7. The van der Waals surface area contributed by atoms with E-state index in [-0.39, 0.29) is 11.6 Å². The molecule has 19 heavy (non-hydrogen) atoms. The first-order valence-electron chi connectivity index (χ1n) is 6.43. The summed E-state index contributed by atoms with van der Waals surface area (Å²) in [5.41, 5.74) is 3.66. The number of hydrazine groups is 1. The van der Waals surface area contributed by atoms with Crippen molar-refractivity contribution in [1.29, 1.82) is 0 Å². The molecule has 5 heteroatoms. The van der Waals surface area contributed by atoms with Gasteiger partial charge in [-0.05, 0) is 37.0 Å². The molecule has 1 aromatic rings. The predicted molar refractivity (Wildman–Crippen MR) is 73.2 cm³/mol. The van der Waals surface area contributed by atoms with Gasteiger partial charge in [-0.2, -0.15) is 0 Å². The minimum absolute atomic E-state index is 0.0738. The van der Waals surface area contributed by atoms with Crippen molar-refractivity contribution in [2.24, 2.45) is 5.84 Å². The van der Waals surface area contributed by atoms with E-state index in [1.165, 1.54) is 0 Å². The molecule has 0 amide bonds. The highest BCUT2D eigenvalue weighted by Crippen LogP contribution is 2.45. The minimum Gasteiger partial charge on any atom is -0.497 e. The number of hydrogen-bond donors (Lipinski definition) is 2. The molecule has 0 radical (unpaired) electrons. The van der Waals surface area contributed by atoms with Gasteiger partial charge >= 0.3 is 0 Å². The smallest absolute Gasteiger partial charge is 0.122 e. The summed E-state index contributed by atoms with van der Waals surface area (Å²) in [6.45, 7) is 0. The zero-order chi connectivity index (χ0) is 13.9. The van der Waals surface area contributed by atoms with Crippen molar-refractivity contribution in [3.63, 3.8) is 0 Å². The summed E-state index contributed by atoms with van der Waals surface area (Å²) < 4.78 is 16.3. The number of hydrogen-bond acceptors (Lipinski definition) is 5. The fraction of sp³-hybridized carbons (Fsp3) is 0.571. The normalized spacial score (nSPS) is 18.5. The van der Waals surface area contributed by atoms with Crippen molar-refractivity contribution in [2.45, 2.75) is 30.9 Å². The number of rotatable bonds is 6. The molecule has 1 aliphatic carbocycles. The van der Waals surface area contributed by atoms with Gasteiger partial charge in [-0.25, -0.2) is 0 Å². The van der Waals surface area contributed by atoms with E-state index in [9.17, 15) is 0 Å². The van der Waals surface area contributed by atoms with E-state index < -0.39 is 0 Å². The molecule has 1 fully saturated rings. The molecule has 1 aromatic carbocycles. The van der Waals surface area contributed by atoms with Crippen LogP contribution < -0.4 is 20.7 Å². The van der Waals surface area contributed by atoms with Crippen molar-refractivity contribution >= 4 is 0 Å². The molecule has 0 saturated heterocycles. The largest absolute Gasteiger partial charge is 0.497 e. The van der Waals surface area contributed by atoms with Crippen LogP contribution in [0, 0.1) is 0 Å². The van der Waals surface area contributed by atoms with Crippen molar-refractivity contribution in [3.8, 4) is 11.5 Å². The molecule has 106 valence electrons. The Balaban J connectivity index is 2.37. The lowest BCUT2D eigenvalue weighted by molar-refractivity contribution is -0.0999. The van der Waals surface area contributed by atoms with Gasteiger partial charge in [0.1, 0.15) is 11.5 Å². The van der Waals surface area contributed by atoms with Crippen LogP contribution in [0.2, 0.25) is 0 Å². The Hall–Kier alpha value is -1.30. The molecule has 0 aromatic heterocycles. The number of ether oxygens (including phenoxy) is 3. The molecule has 0 heterocycles. The van der Waals surface area contributed by atoms with E-state index in [1.807, 2.05) is 18.2 Å². The van der Waals surface area contributed by atoms with Crippen molar-refractivity contribution in [3.05, 3.63) is 23.8 Å². The average molecular weight is 266 g/mol. The Labute approximate surface area is 114 Å².